The zero-order chi connectivity index (χ0) is 20.0. The van der Waals surface area contributed by atoms with Crippen molar-refractivity contribution < 1.29 is 13.5 Å². The van der Waals surface area contributed by atoms with Gasteiger partial charge in [0.2, 0.25) is 0 Å². The molecule has 1 saturated heterocycles. The molecule has 3 heterocycles. The Morgan fingerprint density at radius 2 is 2.10 bits per heavy atom. The molecule has 2 unspecified atom stereocenters. The lowest BCUT2D eigenvalue weighted by molar-refractivity contribution is 0.127. The molecular formula is C21H21ClF2N4O. The maximum atomic E-state index is 13.5. The Morgan fingerprint density at radius 1 is 1.21 bits per heavy atom. The molecular weight excluding hydrogens is 398 g/mol. The number of hydrogen-bond donors (Lipinski definition) is 0. The molecule has 5 rings (SSSR count). The molecule has 3 aromatic rings. The van der Waals surface area contributed by atoms with Crippen LogP contribution < -0.4 is 4.74 Å². The summed E-state index contributed by atoms with van der Waals surface area (Å²) < 4.78 is 34.2. The normalized spacial score (nSPS) is 24.3. The van der Waals surface area contributed by atoms with E-state index in [1.165, 1.54) is 18.9 Å². The number of rotatable bonds is 5. The molecule has 0 bridgehead atoms. The van der Waals surface area contributed by atoms with Gasteiger partial charge in [-0.1, -0.05) is 18.0 Å². The summed E-state index contributed by atoms with van der Waals surface area (Å²) in [6.07, 6.45) is 5.34. The van der Waals surface area contributed by atoms with E-state index in [4.69, 9.17) is 16.3 Å². The summed E-state index contributed by atoms with van der Waals surface area (Å²) in [6.45, 7) is 3.15. The molecule has 1 aliphatic heterocycles. The summed E-state index contributed by atoms with van der Waals surface area (Å²) in [5.74, 6) is -0.816. The molecule has 0 spiro atoms. The van der Waals surface area contributed by atoms with Crippen LogP contribution in [0.3, 0.4) is 0 Å². The van der Waals surface area contributed by atoms with Crippen molar-refractivity contribution in [2.24, 2.45) is 11.3 Å². The molecule has 0 radical (unpaired) electrons. The molecule has 0 N–H and O–H groups in total. The molecule has 1 saturated carbocycles. The first kappa shape index (κ1) is 18.8. The quantitative estimate of drug-likeness (QED) is 0.618. The van der Waals surface area contributed by atoms with Crippen LogP contribution in [-0.2, 0) is 6.54 Å². The van der Waals surface area contributed by atoms with Gasteiger partial charge in [0.25, 0.3) is 0 Å². The topological polar surface area (TPSA) is 42.7 Å². The van der Waals surface area contributed by atoms with Crippen LogP contribution in [0.5, 0.6) is 5.75 Å². The number of aromatic nitrogens is 3. The molecule has 5 nitrogen and oxygen atoms in total. The number of imidazole rings is 1. The fraction of sp³-hybridized carbons (Fsp3) is 0.429. The van der Waals surface area contributed by atoms with Gasteiger partial charge >= 0.3 is 0 Å². The number of hydrogen-bond acceptors (Lipinski definition) is 4. The van der Waals surface area contributed by atoms with E-state index >= 15 is 0 Å². The summed E-state index contributed by atoms with van der Waals surface area (Å²) in [5.41, 5.74) is 1.78. The number of nitrogens with zero attached hydrogens (tertiary/aromatic N) is 4. The summed E-state index contributed by atoms with van der Waals surface area (Å²) in [6, 6.07) is 7.31. The van der Waals surface area contributed by atoms with Crippen LogP contribution in [-0.4, -0.2) is 39.2 Å². The average molecular weight is 419 g/mol. The van der Waals surface area contributed by atoms with Crippen LogP contribution >= 0.6 is 11.6 Å². The number of benzene rings is 1. The van der Waals surface area contributed by atoms with Gasteiger partial charge in [-0.15, -0.1) is 0 Å². The SMILES string of the molecule is Fc1ccc(OCC23CCCC2CN(Cc2cn4nc(Cl)ccc4n2)C3)cc1F. The van der Waals surface area contributed by atoms with E-state index < -0.39 is 11.6 Å². The second kappa shape index (κ2) is 7.22. The molecule has 8 heteroatoms. The van der Waals surface area contributed by atoms with Gasteiger partial charge in [0.15, 0.2) is 17.3 Å². The fourth-order valence-electron chi connectivity index (χ4n) is 4.89. The van der Waals surface area contributed by atoms with Crippen LogP contribution in [0, 0.1) is 23.0 Å². The van der Waals surface area contributed by atoms with Crippen LogP contribution in [0.1, 0.15) is 25.0 Å². The monoisotopic (exact) mass is 418 g/mol. The highest BCUT2D eigenvalue weighted by atomic mass is 35.5. The van der Waals surface area contributed by atoms with Crippen molar-refractivity contribution in [1.82, 2.24) is 19.5 Å². The summed E-state index contributed by atoms with van der Waals surface area (Å²) >= 11 is 5.96. The molecule has 2 aliphatic rings. The third-order valence-electron chi connectivity index (χ3n) is 6.25. The largest absolute Gasteiger partial charge is 0.493 e. The average Bonchev–Trinajstić information content (AvgIpc) is 3.34. The fourth-order valence-corrected chi connectivity index (χ4v) is 5.03. The van der Waals surface area contributed by atoms with Crippen LogP contribution in [0.2, 0.25) is 5.15 Å². The van der Waals surface area contributed by atoms with Gasteiger partial charge in [0, 0.05) is 31.1 Å². The summed E-state index contributed by atoms with van der Waals surface area (Å²) in [7, 11) is 0. The molecule has 2 fully saturated rings. The van der Waals surface area contributed by atoms with E-state index in [9.17, 15) is 8.78 Å². The second-order valence-electron chi connectivity index (χ2n) is 8.18. The van der Waals surface area contributed by atoms with Gasteiger partial charge < -0.3 is 4.74 Å². The third kappa shape index (κ3) is 3.57. The predicted molar refractivity (Wildman–Crippen MR) is 105 cm³/mol. The van der Waals surface area contributed by atoms with Crippen LogP contribution in [0.4, 0.5) is 8.78 Å². The summed E-state index contributed by atoms with van der Waals surface area (Å²) in [4.78, 5) is 7.04. The van der Waals surface area contributed by atoms with Crippen molar-refractivity contribution in [3.63, 3.8) is 0 Å². The molecule has 152 valence electrons. The molecule has 2 atom stereocenters. The van der Waals surface area contributed by atoms with Crippen molar-refractivity contribution in [2.75, 3.05) is 19.7 Å². The highest BCUT2D eigenvalue weighted by Crippen LogP contribution is 2.49. The van der Waals surface area contributed by atoms with Crippen molar-refractivity contribution in [3.05, 3.63) is 59.0 Å². The highest BCUT2D eigenvalue weighted by Gasteiger charge is 2.50. The zero-order valence-corrected chi connectivity index (χ0v) is 16.6. The van der Waals surface area contributed by atoms with Crippen LogP contribution in [0.15, 0.2) is 36.5 Å². The Balaban J connectivity index is 1.28. The number of ether oxygens (including phenoxy) is 1. The number of likely N-dealkylation sites (tertiary alicyclic amines) is 1. The second-order valence-corrected chi connectivity index (χ2v) is 8.56. The lowest BCUT2D eigenvalue weighted by Gasteiger charge is -2.29. The minimum absolute atomic E-state index is 0.0472. The first-order chi connectivity index (χ1) is 14.0. The molecule has 29 heavy (non-hydrogen) atoms. The van der Waals surface area contributed by atoms with Gasteiger partial charge in [-0.05, 0) is 43.0 Å². The van der Waals surface area contributed by atoms with Crippen molar-refractivity contribution in [1.29, 1.82) is 0 Å². The third-order valence-corrected chi connectivity index (χ3v) is 6.45. The van der Waals surface area contributed by atoms with Gasteiger partial charge in [-0.3, -0.25) is 4.90 Å². The lowest BCUT2D eigenvalue weighted by Crippen LogP contribution is -2.33. The maximum Gasteiger partial charge on any atom is 0.162 e. The standard InChI is InChI=1S/C21H21ClF2N4O/c22-19-5-6-20-25-15(11-28(20)26-19)10-27-9-14-2-1-7-21(14,12-27)13-29-16-3-4-17(23)18(24)8-16/h3-6,8,11,14H,1-2,7,9-10,12-13H2. The van der Waals surface area contributed by atoms with Crippen LogP contribution in [0.25, 0.3) is 5.65 Å². The Morgan fingerprint density at radius 3 is 2.97 bits per heavy atom. The Bertz CT molecular complexity index is 1060. The molecule has 2 aromatic heterocycles. The smallest absolute Gasteiger partial charge is 0.162 e. The van der Waals surface area contributed by atoms with E-state index in [0.29, 0.717) is 23.4 Å². The van der Waals surface area contributed by atoms with E-state index in [-0.39, 0.29) is 5.41 Å². The number of fused-ring (bicyclic) bond motifs is 2. The minimum Gasteiger partial charge on any atom is -0.493 e. The Hall–Kier alpha value is -2.25. The number of halogens is 3. The highest BCUT2D eigenvalue weighted by molar-refractivity contribution is 6.29. The van der Waals surface area contributed by atoms with E-state index in [1.54, 1.807) is 10.6 Å². The van der Waals surface area contributed by atoms with Crippen molar-refractivity contribution >= 4 is 17.2 Å². The van der Waals surface area contributed by atoms with Crippen molar-refractivity contribution in [3.8, 4) is 5.75 Å². The zero-order valence-electron chi connectivity index (χ0n) is 15.8. The molecule has 1 aliphatic carbocycles. The maximum absolute atomic E-state index is 13.5. The lowest BCUT2D eigenvalue weighted by atomic mass is 9.81. The van der Waals surface area contributed by atoms with Gasteiger partial charge in [0.1, 0.15) is 10.9 Å². The first-order valence-electron chi connectivity index (χ1n) is 9.82. The first-order valence-corrected chi connectivity index (χ1v) is 10.2. The predicted octanol–water partition coefficient (Wildman–Crippen LogP) is 4.34. The minimum atomic E-state index is -0.878. The van der Waals surface area contributed by atoms with Gasteiger partial charge in [0.05, 0.1) is 18.5 Å². The van der Waals surface area contributed by atoms with E-state index in [2.05, 4.69) is 15.0 Å². The Kier molecular flexibility index (Phi) is 4.67. The summed E-state index contributed by atoms with van der Waals surface area (Å²) in [5, 5.41) is 4.68. The van der Waals surface area contributed by atoms with E-state index in [1.807, 2.05) is 12.3 Å². The van der Waals surface area contributed by atoms with Gasteiger partial charge in [-0.2, -0.15) is 5.10 Å². The molecule has 0 amide bonds. The molecule has 1 aromatic carbocycles. The Labute approximate surface area is 172 Å². The van der Waals surface area contributed by atoms with Crippen molar-refractivity contribution in [2.45, 2.75) is 25.8 Å². The van der Waals surface area contributed by atoms with E-state index in [0.717, 1.165) is 49.5 Å². The van der Waals surface area contributed by atoms with Gasteiger partial charge in [-0.25, -0.2) is 18.3 Å².